The summed E-state index contributed by atoms with van der Waals surface area (Å²) in [6, 6.07) is 12.5. The van der Waals surface area contributed by atoms with Gasteiger partial charge in [-0.3, -0.25) is 0 Å². The minimum atomic E-state index is -1.16. The van der Waals surface area contributed by atoms with Crippen molar-refractivity contribution in [3.8, 4) is 0 Å². The quantitative estimate of drug-likeness (QED) is 0.0489. The number of fused-ring (bicyclic) bond motifs is 1. The van der Waals surface area contributed by atoms with Crippen LogP contribution in [0.4, 0.5) is 0 Å². The second kappa shape index (κ2) is 53.8. The molecule has 0 aliphatic carbocycles. The molecule has 0 aliphatic heterocycles. The van der Waals surface area contributed by atoms with Gasteiger partial charge in [-0.15, -0.1) is 0 Å². The van der Waals surface area contributed by atoms with E-state index in [0.717, 1.165) is 10.8 Å². The van der Waals surface area contributed by atoms with Crippen LogP contribution in [-0.2, 0) is 0 Å². The molecule has 2 aromatic carbocycles. The molecular formula is C65H118O2Sn. The van der Waals surface area contributed by atoms with E-state index in [4.69, 9.17) is 0 Å². The van der Waals surface area contributed by atoms with Crippen molar-refractivity contribution < 1.29 is 9.90 Å². The normalized spacial score (nSPS) is 11.3. The Balaban J connectivity index is 0.00000150. The number of hydrogen-bond donors (Lipinski definition) is 0. The summed E-state index contributed by atoms with van der Waals surface area (Å²) in [5.74, 6) is -1.13. The van der Waals surface area contributed by atoms with Gasteiger partial charge in [0.05, 0.1) is 5.97 Å². The van der Waals surface area contributed by atoms with Gasteiger partial charge in [0.1, 0.15) is 0 Å². The fourth-order valence-corrected chi connectivity index (χ4v) is 19.1. The van der Waals surface area contributed by atoms with E-state index in [1.54, 1.807) is 70.0 Å². The Kier molecular flexibility index (Phi) is 51.4. The summed E-state index contributed by atoms with van der Waals surface area (Å²) < 4.78 is 5.20. The molecule has 0 aliphatic rings. The zero-order valence-electron chi connectivity index (χ0n) is 46.4. The molecule has 68 heavy (non-hydrogen) atoms. The third-order valence-corrected chi connectivity index (χ3v) is 24.2. The van der Waals surface area contributed by atoms with Gasteiger partial charge < -0.3 is 9.90 Å². The number of aromatic carboxylic acids is 1. The zero-order chi connectivity index (χ0) is 48.9. The first kappa shape index (κ1) is 65.0. The average molecular weight is 1050 g/mol. The third-order valence-electron chi connectivity index (χ3n) is 15.2. The molecule has 0 N–H and O–H groups in total. The average Bonchev–Trinajstić information content (AvgIpc) is 3.35. The van der Waals surface area contributed by atoms with E-state index >= 15 is 0 Å². The van der Waals surface area contributed by atoms with Crippen LogP contribution >= 0.6 is 0 Å². The van der Waals surface area contributed by atoms with Crippen molar-refractivity contribution in [2.45, 2.75) is 342 Å². The van der Waals surface area contributed by atoms with Gasteiger partial charge in [0.15, 0.2) is 0 Å². The van der Waals surface area contributed by atoms with E-state index in [1.807, 2.05) is 24.3 Å². The van der Waals surface area contributed by atoms with Gasteiger partial charge in [-0.1, -0.05) is 160 Å². The molecular weight excluding hydrogens is 931 g/mol. The van der Waals surface area contributed by atoms with Crippen LogP contribution in [0, 0.1) is 0 Å². The maximum atomic E-state index is 10.7. The summed E-state index contributed by atoms with van der Waals surface area (Å²) in [7, 11) is 0. The van der Waals surface area contributed by atoms with Crippen molar-refractivity contribution >= 4 is 36.5 Å². The molecule has 394 valence electrons. The van der Waals surface area contributed by atoms with Gasteiger partial charge in [-0.25, -0.2) is 0 Å². The van der Waals surface area contributed by atoms with Crippen LogP contribution in [-0.4, -0.2) is 25.7 Å². The molecule has 3 heteroatoms. The van der Waals surface area contributed by atoms with E-state index < -0.39 is 25.7 Å². The third kappa shape index (κ3) is 43.7. The summed E-state index contributed by atoms with van der Waals surface area (Å²) in [5, 5.41) is 12.4. The van der Waals surface area contributed by atoms with Crippen molar-refractivity contribution in [3.63, 3.8) is 0 Å². The fraction of sp³-hybridized carbons (Fsp3) is 0.831. The van der Waals surface area contributed by atoms with Crippen LogP contribution in [0.5, 0.6) is 0 Å². The van der Waals surface area contributed by atoms with E-state index in [0.29, 0.717) is 0 Å². The molecule has 2 aromatic rings. The molecule has 0 bridgehead atoms. The number of hydrogen-bond acceptors (Lipinski definition) is 2. The predicted octanol–water partition coefficient (Wildman–Crippen LogP) is 22.5. The molecule has 0 aromatic heterocycles. The molecule has 0 atom stereocenters. The van der Waals surface area contributed by atoms with Crippen LogP contribution in [0.25, 0.3) is 10.8 Å². The smallest absolute Gasteiger partial charge is 0.545 e. The number of unbranched alkanes of at least 4 members (excludes halogenated alkanes) is 45. The van der Waals surface area contributed by atoms with Crippen molar-refractivity contribution in [3.05, 3.63) is 48.0 Å². The molecule has 2 nitrogen and oxygen atoms in total. The van der Waals surface area contributed by atoms with Gasteiger partial charge in [0.25, 0.3) is 0 Å². The van der Waals surface area contributed by atoms with Crippen LogP contribution in [0.1, 0.15) is 339 Å². The number of carbonyl (C=O) groups excluding carboxylic acids is 1. The summed E-state index contributed by atoms with van der Waals surface area (Å²) in [4.78, 5) is 10.7. The van der Waals surface area contributed by atoms with E-state index in [9.17, 15) is 9.90 Å². The maximum absolute atomic E-state index is 10.7. The van der Waals surface area contributed by atoms with E-state index in [1.165, 1.54) is 270 Å². The monoisotopic (exact) mass is 1050 g/mol. The Bertz CT molecular complexity index is 1200. The Morgan fingerprint density at radius 3 is 0.779 bits per heavy atom. The Hall–Kier alpha value is -1.03. The molecule has 0 radical (unpaired) electrons. The van der Waals surface area contributed by atoms with Crippen molar-refractivity contribution in [1.29, 1.82) is 0 Å². The molecule has 0 saturated heterocycles. The van der Waals surface area contributed by atoms with Gasteiger partial charge in [-0.05, 0) is 10.8 Å². The second-order valence-electron chi connectivity index (χ2n) is 21.7. The van der Waals surface area contributed by atoms with Gasteiger partial charge in [0.2, 0.25) is 0 Å². The summed E-state index contributed by atoms with van der Waals surface area (Å²) in [5.41, 5.74) is 0.248. The van der Waals surface area contributed by atoms with Crippen LogP contribution < -0.4 is 5.11 Å². The van der Waals surface area contributed by atoms with Crippen LogP contribution in [0.3, 0.4) is 0 Å². The molecule has 0 heterocycles. The molecule has 2 rings (SSSR count). The Morgan fingerprint density at radius 1 is 0.309 bits per heavy atom. The van der Waals surface area contributed by atoms with Crippen LogP contribution in [0.15, 0.2) is 42.5 Å². The van der Waals surface area contributed by atoms with Crippen molar-refractivity contribution in [2.75, 3.05) is 0 Å². The standard InChI is InChI=1S/3C18H37.C11H8O2.Sn/c3*1-3-5-7-9-11-13-15-17-18-16-14-12-10-8-6-4-2;12-11(13)10-7-3-5-8-4-1-2-6-9(8)10;/h3*1,3-18H2,2H3;1-7H,(H,12,13);/q;;;;+1/p-1. The van der Waals surface area contributed by atoms with Gasteiger partial charge >= 0.3 is 245 Å². The molecule has 0 saturated carbocycles. The Morgan fingerprint density at radius 2 is 0.529 bits per heavy atom. The van der Waals surface area contributed by atoms with Gasteiger partial charge in [0, 0.05) is 5.56 Å². The first-order chi connectivity index (χ1) is 33.6. The minimum absolute atomic E-state index is 0.248. The number of carboxylic acid groups (broad SMARTS) is 1. The topological polar surface area (TPSA) is 40.1 Å². The number of benzene rings is 2. The number of rotatable bonds is 52. The molecule has 0 unspecified atom stereocenters. The van der Waals surface area contributed by atoms with Gasteiger partial charge in [-0.2, -0.15) is 0 Å². The minimum Gasteiger partial charge on any atom is -0.545 e. The molecule has 0 spiro atoms. The first-order valence-electron chi connectivity index (χ1n) is 31.2. The summed E-state index contributed by atoms with van der Waals surface area (Å²) in [6.07, 6.45) is 72.0. The summed E-state index contributed by atoms with van der Waals surface area (Å²) in [6.45, 7) is 6.97. The molecule has 0 fully saturated rings. The predicted molar refractivity (Wildman–Crippen MR) is 307 cm³/mol. The second-order valence-corrected chi connectivity index (χ2v) is 30.3. The van der Waals surface area contributed by atoms with E-state index in [-0.39, 0.29) is 5.56 Å². The van der Waals surface area contributed by atoms with Crippen molar-refractivity contribution in [2.24, 2.45) is 0 Å². The number of carboxylic acids is 1. The molecule has 0 amide bonds. The van der Waals surface area contributed by atoms with E-state index in [2.05, 4.69) is 20.8 Å². The SMILES string of the molecule is CCCCCCCCCCCCCCCCC[CH2][Sn+]([CH2]CCCCCCCCCCCCCCCCC)[CH2]CCCCCCCCCCCCCCCCC.O=C([O-])c1cccc2ccccc12. The number of carbonyl (C=O) groups is 1. The van der Waals surface area contributed by atoms with Crippen LogP contribution in [0.2, 0.25) is 13.3 Å². The fourth-order valence-electron chi connectivity index (χ4n) is 10.5. The Labute approximate surface area is 434 Å². The summed E-state index contributed by atoms with van der Waals surface area (Å²) >= 11 is -1.16. The van der Waals surface area contributed by atoms with Crippen molar-refractivity contribution in [1.82, 2.24) is 0 Å². The zero-order valence-corrected chi connectivity index (χ0v) is 49.3. The first-order valence-corrected chi connectivity index (χ1v) is 37.2.